The standard InChI is InChI=1S/C7H9BrN2OS/c8-7-10-9-6(11-7)5-1-3-12-4-2-5/h5H,1-4H2. The van der Waals surface area contributed by atoms with Crippen LogP contribution in [0, 0.1) is 0 Å². The second kappa shape index (κ2) is 3.79. The van der Waals surface area contributed by atoms with Gasteiger partial charge in [-0.05, 0) is 24.3 Å². The number of thioether (sulfide) groups is 1. The highest BCUT2D eigenvalue weighted by molar-refractivity contribution is 9.10. The second-order valence-electron chi connectivity index (χ2n) is 2.78. The van der Waals surface area contributed by atoms with Gasteiger partial charge in [-0.3, -0.25) is 0 Å². The van der Waals surface area contributed by atoms with Crippen molar-refractivity contribution in [3.8, 4) is 0 Å². The molecule has 1 aromatic rings. The van der Waals surface area contributed by atoms with E-state index in [4.69, 9.17) is 4.42 Å². The van der Waals surface area contributed by atoms with Crippen LogP contribution in [0.3, 0.4) is 0 Å². The van der Waals surface area contributed by atoms with Gasteiger partial charge < -0.3 is 4.42 Å². The quantitative estimate of drug-likeness (QED) is 0.766. The van der Waals surface area contributed by atoms with Crippen LogP contribution in [0.15, 0.2) is 9.22 Å². The van der Waals surface area contributed by atoms with Gasteiger partial charge in [-0.2, -0.15) is 11.8 Å². The highest BCUT2D eigenvalue weighted by Crippen LogP contribution is 2.30. The van der Waals surface area contributed by atoms with Crippen molar-refractivity contribution >= 4 is 27.7 Å². The van der Waals surface area contributed by atoms with Gasteiger partial charge in [-0.15, -0.1) is 10.2 Å². The minimum absolute atomic E-state index is 0.491. The molecule has 0 bridgehead atoms. The third-order valence-corrected chi connectivity index (χ3v) is 3.36. The molecule has 1 aromatic heterocycles. The van der Waals surface area contributed by atoms with E-state index in [-0.39, 0.29) is 0 Å². The first-order valence-corrected chi connectivity index (χ1v) is 5.87. The molecule has 5 heteroatoms. The van der Waals surface area contributed by atoms with E-state index >= 15 is 0 Å². The number of hydrogen-bond acceptors (Lipinski definition) is 4. The molecule has 1 saturated heterocycles. The topological polar surface area (TPSA) is 38.9 Å². The van der Waals surface area contributed by atoms with Gasteiger partial charge in [0.2, 0.25) is 5.89 Å². The highest BCUT2D eigenvalue weighted by atomic mass is 79.9. The van der Waals surface area contributed by atoms with E-state index in [0.29, 0.717) is 10.7 Å². The van der Waals surface area contributed by atoms with Crippen LogP contribution in [-0.2, 0) is 0 Å². The first-order chi connectivity index (χ1) is 5.86. The zero-order chi connectivity index (χ0) is 8.39. The molecule has 3 nitrogen and oxygen atoms in total. The summed E-state index contributed by atoms with van der Waals surface area (Å²) >= 11 is 5.15. The smallest absolute Gasteiger partial charge is 0.284 e. The third-order valence-electron chi connectivity index (χ3n) is 1.99. The van der Waals surface area contributed by atoms with Gasteiger partial charge in [0.05, 0.1) is 0 Å². The molecule has 1 aliphatic rings. The predicted molar refractivity (Wildman–Crippen MR) is 51.3 cm³/mol. The number of halogens is 1. The SMILES string of the molecule is Brc1nnc(C2CCSCC2)o1. The molecule has 0 saturated carbocycles. The summed E-state index contributed by atoms with van der Waals surface area (Å²) in [7, 11) is 0. The van der Waals surface area contributed by atoms with Gasteiger partial charge in [0, 0.05) is 21.8 Å². The molecule has 0 unspecified atom stereocenters. The van der Waals surface area contributed by atoms with E-state index in [1.54, 1.807) is 0 Å². The summed E-state index contributed by atoms with van der Waals surface area (Å²) in [6.45, 7) is 0. The van der Waals surface area contributed by atoms with Crippen molar-refractivity contribution < 1.29 is 4.42 Å². The summed E-state index contributed by atoms with van der Waals surface area (Å²) in [5.74, 6) is 3.71. The molecule has 66 valence electrons. The molecule has 2 heterocycles. The lowest BCUT2D eigenvalue weighted by molar-refractivity contribution is 0.416. The van der Waals surface area contributed by atoms with E-state index in [2.05, 4.69) is 26.1 Å². The maximum Gasteiger partial charge on any atom is 0.284 e. The van der Waals surface area contributed by atoms with Crippen LogP contribution < -0.4 is 0 Å². The van der Waals surface area contributed by atoms with Crippen molar-refractivity contribution in [2.45, 2.75) is 18.8 Å². The molecule has 0 aliphatic carbocycles. The Balaban J connectivity index is 2.08. The molecule has 0 radical (unpaired) electrons. The van der Waals surface area contributed by atoms with Gasteiger partial charge >= 0.3 is 0 Å². The van der Waals surface area contributed by atoms with Gasteiger partial charge in [-0.25, -0.2) is 0 Å². The lowest BCUT2D eigenvalue weighted by atomic mass is 10.0. The number of nitrogens with zero attached hydrogens (tertiary/aromatic N) is 2. The van der Waals surface area contributed by atoms with Crippen molar-refractivity contribution in [3.05, 3.63) is 10.7 Å². The Morgan fingerprint density at radius 2 is 2.08 bits per heavy atom. The summed E-state index contributed by atoms with van der Waals surface area (Å²) in [5, 5.41) is 7.75. The van der Waals surface area contributed by atoms with Crippen LogP contribution in [0.4, 0.5) is 0 Å². The van der Waals surface area contributed by atoms with E-state index in [0.717, 1.165) is 5.89 Å². The van der Waals surface area contributed by atoms with Crippen molar-refractivity contribution in [1.82, 2.24) is 10.2 Å². The average molecular weight is 249 g/mol. The molecule has 1 fully saturated rings. The summed E-state index contributed by atoms with van der Waals surface area (Å²) in [6.07, 6.45) is 2.33. The molecule has 1 aliphatic heterocycles. The number of aromatic nitrogens is 2. The third kappa shape index (κ3) is 1.82. The Hall–Kier alpha value is -0.0300. The van der Waals surface area contributed by atoms with E-state index in [9.17, 15) is 0 Å². The maximum atomic E-state index is 5.31. The van der Waals surface area contributed by atoms with E-state index < -0.39 is 0 Å². The van der Waals surface area contributed by atoms with Gasteiger partial charge in [0.25, 0.3) is 4.80 Å². The maximum absolute atomic E-state index is 5.31. The van der Waals surface area contributed by atoms with Crippen LogP contribution in [0.25, 0.3) is 0 Å². The van der Waals surface area contributed by atoms with Crippen LogP contribution in [0.2, 0.25) is 0 Å². The second-order valence-corrected chi connectivity index (χ2v) is 4.68. The Labute approximate surface area is 83.4 Å². The summed E-state index contributed by atoms with van der Waals surface area (Å²) < 4.78 is 5.31. The zero-order valence-corrected chi connectivity index (χ0v) is 8.90. The Morgan fingerprint density at radius 1 is 1.33 bits per heavy atom. The number of hydrogen-bond donors (Lipinski definition) is 0. The van der Waals surface area contributed by atoms with Crippen molar-refractivity contribution in [3.63, 3.8) is 0 Å². The van der Waals surface area contributed by atoms with Crippen LogP contribution in [0.5, 0.6) is 0 Å². The minimum atomic E-state index is 0.491. The number of rotatable bonds is 1. The first-order valence-electron chi connectivity index (χ1n) is 3.93. The van der Waals surface area contributed by atoms with Gasteiger partial charge in [-0.1, -0.05) is 0 Å². The molecule has 0 atom stereocenters. The fourth-order valence-electron chi connectivity index (χ4n) is 1.33. The van der Waals surface area contributed by atoms with Crippen LogP contribution in [-0.4, -0.2) is 21.7 Å². The monoisotopic (exact) mass is 248 g/mol. The minimum Gasteiger partial charge on any atom is -0.415 e. The summed E-state index contributed by atoms with van der Waals surface area (Å²) in [4.78, 5) is 0.496. The largest absolute Gasteiger partial charge is 0.415 e. The highest BCUT2D eigenvalue weighted by Gasteiger charge is 2.20. The first kappa shape index (κ1) is 8.56. The molecule has 0 spiro atoms. The molecule has 2 rings (SSSR count). The van der Waals surface area contributed by atoms with E-state index in [1.807, 2.05) is 11.8 Å². The Morgan fingerprint density at radius 3 is 2.67 bits per heavy atom. The van der Waals surface area contributed by atoms with Crippen molar-refractivity contribution in [2.24, 2.45) is 0 Å². The average Bonchev–Trinajstić information content (AvgIpc) is 2.54. The summed E-state index contributed by atoms with van der Waals surface area (Å²) in [5.41, 5.74) is 0. The molecule has 0 N–H and O–H groups in total. The molecular formula is C7H9BrN2OS. The lowest BCUT2D eigenvalue weighted by Gasteiger charge is -2.16. The van der Waals surface area contributed by atoms with E-state index in [1.165, 1.54) is 24.3 Å². The van der Waals surface area contributed by atoms with Crippen LogP contribution >= 0.6 is 27.7 Å². The van der Waals surface area contributed by atoms with Crippen molar-refractivity contribution in [1.29, 1.82) is 0 Å². The molecule has 12 heavy (non-hydrogen) atoms. The zero-order valence-electron chi connectivity index (χ0n) is 6.49. The normalized spacial score (nSPS) is 19.8. The lowest BCUT2D eigenvalue weighted by Crippen LogP contribution is -2.07. The Kier molecular flexibility index (Phi) is 2.70. The molecule has 0 aromatic carbocycles. The molecular weight excluding hydrogens is 240 g/mol. The summed E-state index contributed by atoms with van der Waals surface area (Å²) in [6, 6.07) is 0. The molecule has 0 amide bonds. The fourth-order valence-corrected chi connectivity index (χ4v) is 2.68. The Bertz CT molecular complexity index is 260. The van der Waals surface area contributed by atoms with Crippen LogP contribution in [0.1, 0.15) is 24.7 Å². The van der Waals surface area contributed by atoms with Crippen molar-refractivity contribution in [2.75, 3.05) is 11.5 Å². The fraction of sp³-hybridized carbons (Fsp3) is 0.714. The van der Waals surface area contributed by atoms with Gasteiger partial charge in [0.1, 0.15) is 0 Å². The predicted octanol–water partition coefficient (Wildman–Crippen LogP) is 2.44. The van der Waals surface area contributed by atoms with Gasteiger partial charge in [0.15, 0.2) is 0 Å².